The summed E-state index contributed by atoms with van der Waals surface area (Å²) < 4.78 is 13.6. The minimum Gasteiger partial charge on any atom is -0.331 e. The number of imide groups is 1. The minimum absolute atomic E-state index is 0.121. The highest BCUT2D eigenvalue weighted by Crippen LogP contribution is 2.32. The molecule has 2 aliphatic heterocycles. The zero-order chi connectivity index (χ0) is 22.5. The van der Waals surface area contributed by atoms with Gasteiger partial charge in [-0.1, -0.05) is 30.3 Å². The molecule has 1 saturated heterocycles. The average molecular weight is 432 g/mol. The molecule has 0 unspecified atom stereocenters. The Hall–Kier alpha value is -4.27. The van der Waals surface area contributed by atoms with Crippen LogP contribution < -0.4 is 16.2 Å². The van der Waals surface area contributed by atoms with Crippen LogP contribution in [0.2, 0.25) is 0 Å². The van der Waals surface area contributed by atoms with Crippen LogP contribution in [0.4, 0.5) is 9.18 Å². The molecule has 1 atom stereocenters. The monoisotopic (exact) mass is 432 g/mol. The molecule has 160 valence electrons. The highest BCUT2D eigenvalue weighted by Gasteiger charge is 2.50. The third-order valence-electron chi connectivity index (χ3n) is 5.81. The Labute approximate surface area is 181 Å². The second-order valence-corrected chi connectivity index (χ2v) is 7.80. The van der Waals surface area contributed by atoms with Crippen LogP contribution in [0.1, 0.15) is 21.5 Å². The van der Waals surface area contributed by atoms with Crippen molar-refractivity contribution < 1.29 is 18.8 Å². The van der Waals surface area contributed by atoms with Gasteiger partial charge in [0.15, 0.2) is 5.54 Å². The number of nitrogens with zero attached hydrogens (tertiary/aromatic N) is 1. The smallest absolute Gasteiger partial charge is 0.322 e. The molecule has 0 spiro atoms. The first-order valence-corrected chi connectivity index (χ1v) is 9.87. The van der Waals surface area contributed by atoms with E-state index >= 15 is 0 Å². The van der Waals surface area contributed by atoms with Crippen molar-refractivity contribution in [3.05, 3.63) is 93.7 Å². The van der Waals surface area contributed by atoms with Gasteiger partial charge in [0, 0.05) is 24.4 Å². The van der Waals surface area contributed by atoms with Gasteiger partial charge in [0.05, 0.1) is 6.54 Å². The Morgan fingerprint density at radius 2 is 1.72 bits per heavy atom. The van der Waals surface area contributed by atoms with E-state index in [0.29, 0.717) is 16.7 Å². The van der Waals surface area contributed by atoms with Crippen LogP contribution in [0.15, 0.2) is 65.6 Å². The first-order chi connectivity index (χ1) is 15.4. The maximum Gasteiger partial charge on any atom is 0.322 e. The minimum atomic E-state index is -1.50. The zero-order valence-electron chi connectivity index (χ0n) is 16.6. The molecule has 3 N–H and O–H groups in total. The number of amides is 4. The lowest BCUT2D eigenvalue weighted by Crippen LogP contribution is -2.52. The number of carbonyl (C=O) groups excluding carboxylic acids is 3. The Balaban J connectivity index is 1.50. The predicted molar refractivity (Wildman–Crippen MR) is 112 cm³/mol. The van der Waals surface area contributed by atoms with E-state index in [4.69, 9.17) is 0 Å². The normalized spacial score (nSPS) is 19.7. The predicted octanol–water partition coefficient (Wildman–Crippen LogP) is 1.87. The van der Waals surface area contributed by atoms with Crippen molar-refractivity contribution in [2.24, 2.45) is 0 Å². The van der Waals surface area contributed by atoms with Crippen molar-refractivity contribution in [1.29, 1.82) is 0 Å². The van der Waals surface area contributed by atoms with Crippen LogP contribution in [-0.4, -0.2) is 34.3 Å². The van der Waals surface area contributed by atoms with Crippen LogP contribution >= 0.6 is 0 Å². The summed E-state index contributed by atoms with van der Waals surface area (Å²) in [6.07, 6.45) is 1.54. The first kappa shape index (κ1) is 19.7. The number of hydrogen-bond acceptors (Lipinski definition) is 4. The van der Waals surface area contributed by atoms with Gasteiger partial charge in [-0.25, -0.2) is 9.18 Å². The van der Waals surface area contributed by atoms with Crippen molar-refractivity contribution >= 4 is 17.8 Å². The lowest BCUT2D eigenvalue weighted by molar-refractivity contribution is -0.124. The number of benzene rings is 2. The Kier molecular flexibility index (Phi) is 4.40. The van der Waals surface area contributed by atoms with Crippen molar-refractivity contribution in [2.45, 2.75) is 12.1 Å². The number of pyridine rings is 1. The average Bonchev–Trinajstić information content (AvgIpc) is 3.24. The molecule has 32 heavy (non-hydrogen) atoms. The van der Waals surface area contributed by atoms with Crippen molar-refractivity contribution in [3.63, 3.8) is 0 Å². The van der Waals surface area contributed by atoms with Gasteiger partial charge in [-0.2, -0.15) is 0 Å². The molecule has 9 heteroatoms. The molecule has 0 aliphatic carbocycles. The molecule has 0 bridgehead atoms. The third kappa shape index (κ3) is 3.15. The summed E-state index contributed by atoms with van der Waals surface area (Å²) in [7, 11) is 0. The molecule has 0 radical (unpaired) electrons. The van der Waals surface area contributed by atoms with Crippen LogP contribution in [-0.2, 0) is 16.9 Å². The molecule has 1 fully saturated rings. The highest BCUT2D eigenvalue weighted by molar-refractivity contribution is 6.08. The standard InChI is InChI=1S/C23H17FN4O4/c24-17-6-3-15-11-28(20(30)18(15)10-17)12-23(21(31)26-22(32)27-23)16-4-1-13(2-5-16)14-7-8-25-19(29)9-14/h1-10H,11-12H2,(H,25,29)(H2,26,27,31,32)/t23-/m0/s1. The van der Waals surface area contributed by atoms with E-state index in [1.54, 1.807) is 36.4 Å². The molecule has 2 aromatic carbocycles. The molecule has 0 saturated carbocycles. The van der Waals surface area contributed by atoms with Gasteiger partial charge in [0.1, 0.15) is 5.82 Å². The molecule has 5 rings (SSSR count). The van der Waals surface area contributed by atoms with Gasteiger partial charge >= 0.3 is 6.03 Å². The summed E-state index contributed by atoms with van der Waals surface area (Å²) in [6, 6.07) is 13.4. The molecular formula is C23H17FN4O4. The molecular weight excluding hydrogens is 415 g/mol. The number of carbonyl (C=O) groups is 3. The van der Waals surface area contributed by atoms with E-state index in [0.717, 1.165) is 5.56 Å². The van der Waals surface area contributed by atoms with Crippen molar-refractivity contribution in [2.75, 3.05) is 6.54 Å². The number of aromatic nitrogens is 1. The lowest BCUT2D eigenvalue weighted by Gasteiger charge is -2.31. The molecule has 8 nitrogen and oxygen atoms in total. The largest absolute Gasteiger partial charge is 0.331 e. The summed E-state index contributed by atoms with van der Waals surface area (Å²) in [6.45, 7) is 0.0777. The number of H-pyrrole nitrogens is 1. The molecule has 2 aliphatic rings. The van der Waals surface area contributed by atoms with Gasteiger partial charge in [-0.05, 0) is 40.5 Å². The maximum atomic E-state index is 13.6. The van der Waals surface area contributed by atoms with E-state index in [-0.39, 0.29) is 24.2 Å². The van der Waals surface area contributed by atoms with Gasteiger partial charge in [-0.3, -0.25) is 19.7 Å². The number of rotatable bonds is 4. The van der Waals surface area contributed by atoms with Crippen molar-refractivity contribution in [3.8, 4) is 11.1 Å². The fraction of sp³-hybridized carbons (Fsp3) is 0.130. The SMILES string of the molecule is O=C1NC(=O)[C@](CN2Cc3ccc(F)cc3C2=O)(c2ccc(-c3cc[nH]c(=O)c3)cc2)N1. The van der Waals surface area contributed by atoms with E-state index in [1.807, 2.05) is 0 Å². The molecule has 4 amide bonds. The molecule has 1 aromatic heterocycles. The number of fused-ring (bicyclic) bond motifs is 1. The summed E-state index contributed by atoms with van der Waals surface area (Å²) in [5.74, 6) is -1.51. The summed E-state index contributed by atoms with van der Waals surface area (Å²) in [5.41, 5.74) is 1.08. The number of aromatic amines is 1. The number of nitrogens with one attached hydrogen (secondary N) is 3. The maximum absolute atomic E-state index is 13.6. The Morgan fingerprint density at radius 1 is 0.938 bits per heavy atom. The van der Waals surface area contributed by atoms with E-state index in [2.05, 4.69) is 15.6 Å². The Bertz CT molecular complexity index is 1330. The third-order valence-corrected chi connectivity index (χ3v) is 5.81. The van der Waals surface area contributed by atoms with Gasteiger partial charge in [-0.15, -0.1) is 0 Å². The van der Waals surface area contributed by atoms with Gasteiger partial charge < -0.3 is 15.2 Å². The Morgan fingerprint density at radius 3 is 2.41 bits per heavy atom. The lowest BCUT2D eigenvalue weighted by atomic mass is 9.88. The summed E-state index contributed by atoms with van der Waals surface area (Å²) >= 11 is 0. The highest BCUT2D eigenvalue weighted by atomic mass is 19.1. The fourth-order valence-electron chi connectivity index (χ4n) is 4.22. The van der Waals surface area contributed by atoms with Crippen LogP contribution in [0, 0.1) is 5.82 Å². The summed E-state index contributed by atoms with van der Waals surface area (Å²) in [4.78, 5) is 53.4. The first-order valence-electron chi connectivity index (χ1n) is 9.87. The quantitative estimate of drug-likeness (QED) is 0.547. The second-order valence-electron chi connectivity index (χ2n) is 7.80. The van der Waals surface area contributed by atoms with Crippen molar-refractivity contribution in [1.82, 2.24) is 20.5 Å². The zero-order valence-corrected chi connectivity index (χ0v) is 16.6. The van der Waals surface area contributed by atoms with Crippen LogP contribution in [0.25, 0.3) is 11.1 Å². The number of halogens is 1. The topological polar surface area (TPSA) is 111 Å². The number of hydrogen-bond donors (Lipinski definition) is 3. The molecule has 3 heterocycles. The van der Waals surface area contributed by atoms with Gasteiger partial charge in [0.2, 0.25) is 5.56 Å². The second kappa shape index (κ2) is 7.16. The van der Waals surface area contributed by atoms with Crippen LogP contribution in [0.5, 0.6) is 0 Å². The van der Waals surface area contributed by atoms with Crippen LogP contribution in [0.3, 0.4) is 0 Å². The summed E-state index contributed by atoms with van der Waals surface area (Å²) in [5, 5.41) is 4.91. The van der Waals surface area contributed by atoms with E-state index in [1.165, 1.54) is 29.3 Å². The fourth-order valence-corrected chi connectivity index (χ4v) is 4.22. The molecule has 3 aromatic rings. The van der Waals surface area contributed by atoms with E-state index in [9.17, 15) is 23.6 Å². The number of urea groups is 1. The van der Waals surface area contributed by atoms with Gasteiger partial charge in [0.25, 0.3) is 11.8 Å². The van der Waals surface area contributed by atoms with E-state index < -0.39 is 29.2 Å².